The molecule has 0 heterocycles. The first-order valence-corrected chi connectivity index (χ1v) is 5.03. The van der Waals surface area contributed by atoms with Gasteiger partial charge in [-0.05, 0) is 45.8 Å². The summed E-state index contributed by atoms with van der Waals surface area (Å²) in [5, 5.41) is 9.66. The second kappa shape index (κ2) is 4.83. The Balaban J connectivity index is 2.20. The lowest BCUT2D eigenvalue weighted by Crippen LogP contribution is -2.27. The monoisotopic (exact) mass is 171 g/mol. The number of nitrogens with zero attached hydrogens (tertiary/aromatic N) is 1. The summed E-state index contributed by atoms with van der Waals surface area (Å²) < 4.78 is 0. The van der Waals surface area contributed by atoms with Crippen LogP contribution in [0.5, 0.6) is 0 Å². The summed E-state index contributed by atoms with van der Waals surface area (Å²) in [5.74, 6) is 0.571. The van der Waals surface area contributed by atoms with E-state index in [0.29, 0.717) is 5.92 Å². The van der Waals surface area contributed by atoms with Crippen molar-refractivity contribution in [2.75, 3.05) is 20.6 Å². The zero-order valence-electron chi connectivity index (χ0n) is 8.29. The quantitative estimate of drug-likeness (QED) is 0.695. The molecule has 0 spiro atoms. The molecular formula is C10H21NO. The van der Waals surface area contributed by atoms with Crippen molar-refractivity contribution in [1.82, 2.24) is 4.90 Å². The van der Waals surface area contributed by atoms with Crippen LogP contribution in [0.2, 0.25) is 0 Å². The van der Waals surface area contributed by atoms with Crippen LogP contribution in [-0.4, -0.2) is 36.8 Å². The maximum absolute atomic E-state index is 9.66. The summed E-state index contributed by atoms with van der Waals surface area (Å²) in [5.41, 5.74) is 0. The van der Waals surface area contributed by atoms with E-state index >= 15 is 0 Å². The first kappa shape index (κ1) is 10.0. The van der Waals surface area contributed by atoms with Crippen LogP contribution in [0.15, 0.2) is 0 Å². The van der Waals surface area contributed by atoms with Crippen molar-refractivity contribution < 1.29 is 5.11 Å². The third-order valence-electron chi connectivity index (χ3n) is 2.82. The number of aliphatic hydroxyl groups excluding tert-OH is 1. The third kappa shape index (κ3) is 3.11. The van der Waals surface area contributed by atoms with Gasteiger partial charge in [0.1, 0.15) is 0 Å². The second-order valence-corrected chi connectivity index (χ2v) is 4.20. The van der Waals surface area contributed by atoms with Crippen molar-refractivity contribution in [3.05, 3.63) is 0 Å². The van der Waals surface area contributed by atoms with Crippen LogP contribution in [0.25, 0.3) is 0 Å². The molecule has 2 atom stereocenters. The number of hydrogen-bond donors (Lipinski definition) is 1. The normalized spacial score (nSPS) is 31.0. The average molecular weight is 171 g/mol. The van der Waals surface area contributed by atoms with Gasteiger partial charge in [-0.15, -0.1) is 0 Å². The molecule has 1 aliphatic carbocycles. The van der Waals surface area contributed by atoms with Crippen molar-refractivity contribution in [3.63, 3.8) is 0 Å². The van der Waals surface area contributed by atoms with Crippen LogP contribution in [0.3, 0.4) is 0 Å². The highest BCUT2D eigenvalue weighted by Crippen LogP contribution is 2.26. The lowest BCUT2D eigenvalue weighted by molar-refractivity contribution is 0.0615. The molecule has 12 heavy (non-hydrogen) atoms. The second-order valence-electron chi connectivity index (χ2n) is 4.20. The van der Waals surface area contributed by atoms with Crippen LogP contribution in [0.4, 0.5) is 0 Å². The van der Waals surface area contributed by atoms with E-state index < -0.39 is 0 Å². The molecule has 0 aromatic rings. The molecule has 1 N–H and O–H groups in total. The summed E-state index contributed by atoms with van der Waals surface area (Å²) in [6.45, 7) is 1.11. The van der Waals surface area contributed by atoms with E-state index in [9.17, 15) is 5.11 Å². The van der Waals surface area contributed by atoms with Crippen LogP contribution >= 0.6 is 0 Å². The van der Waals surface area contributed by atoms with E-state index in [1.807, 2.05) is 0 Å². The predicted octanol–water partition coefficient (Wildman–Crippen LogP) is 1.49. The first-order chi connectivity index (χ1) is 5.70. The van der Waals surface area contributed by atoms with E-state index in [2.05, 4.69) is 19.0 Å². The minimum absolute atomic E-state index is 0.0151. The average Bonchev–Trinajstić information content (AvgIpc) is 2.03. The Labute approximate surface area is 75.6 Å². The fraction of sp³-hybridized carbons (Fsp3) is 1.00. The van der Waals surface area contributed by atoms with Gasteiger partial charge >= 0.3 is 0 Å². The molecule has 72 valence electrons. The van der Waals surface area contributed by atoms with Gasteiger partial charge in [0, 0.05) is 0 Å². The minimum atomic E-state index is -0.0151. The maximum Gasteiger partial charge on any atom is 0.0568 e. The molecule has 1 saturated carbocycles. The molecule has 1 aliphatic rings. The zero-order chi connectivity index (χ0) is 8.97. The first-order valence-electron chi connectivity index (χ1n) is 5.03. The Morgan fingerprint density at radius 2 is 1.92 bits per heavy atom. The molecular weight excluding hydrogens is 150 g/mol. The van der Waals surface area contributed by atoms with Gasteiger partial charge in [0.25, 0.3) is 0 Å². The maximum atomic E-state index is 9.66. The molecule has 0 aromatic carbocycles. The van der Waals surface area contributed by atoms with Crippen LogP contribution in [0, 0.1) is 5.92 Å². The largest absolute Gasteiger partial charge is 0.393 e. The molecule has 0 amide bonds. The van der Waals surface area contributed by atoms with E-state index in [1.54, 1.807) is 0 Å². The topological polar surface area (TPSA) is 23.5 Å². The smallest absolute Gasteiger partial charge is 0.0568 e. The molecule has 0 radical (unpaired) electrons. The van der Waals surface area contributed by atoms with Gasteiger partial charge in [-0.2, -0.15) is 0 Å². The Kier molecular flexibility index (Phi) is 4.02. The summed E-state index contributed by atoms with van der Waals surface area (Å²) in [6.07, 6.45) is 5.94. The lowest BCUT2D eigenvalue weighted by atomic mass is 9.84. The van der Waals surface area contributed by atoms with E-state index in [1.165, 1.54) is 19.3 Å². The van der Waals surface area contributed by atoms with Crippen molar-refractivity contribution in [3.8, 4) is 0 Å². The number of rotatable bonds is 3. The molecule has 1 fully saturated rings. The molecule has 0 aromatic heterocycles. The highest BCUT2D eigenvalue weighted by molar-refractivity contribution is 4.74. The molecule has 2 heteroatoms. The zero-order valence-corrected chi connectivity index (χ0v) is 8.29. The Morgan fingerprint density at radius 3 is 2.50 bits per heavy atom. The molecule has 0 unspecified atom stereocenters. The number of aliphatic hydroxyl groups is 1. The summed E-state index contributed by atoms with van der Waals surface area (Å²) >= 11 is 0. The standard InChI is InChI=1S/C10H21NO/c1-11(2)8-7-9-5-3-4-6-10(9)12/h9-10,12H,3-8H2,1-2H3/t9-,10-/m1/s1. The fourth-order valence-corrected chi connectivity index (χ4v) is 1.95. The van der Waals surface area contributed by atoms with Gasteiger partial charge in [-0.3, -0.25) is 0 Å². The molecule has 0 bridgehead atoms. The molecule has 0 aliphatic heterocycles. The van der Waals surface area contributed by atoms with E-state index in [0.717, 1.165) is 19.4 Å². The predicted molar refractivity (Wildman–Crippen MR) is 51.1 cm³/mol. The van der Waals surface area contributed by atoms with Crippen molar-refractivity contribution >= 4 is 0 Å². The molecule has 2 nitrogen and oxygen atoms in total. The SMILES string of the molecule is CN(C)CC[C@H]1CCCC[C@H]1O. The van der Waals surface area contributed by atoms with Gasteiger partial charge in [0.15, 0.2) is 0 Å². The highest BCUT2D eigenvalue weighted by Gasteiger charge is 2.22. The lowest BCUT2D eigenvalue weighted by Gasteiger charge is -2.28. The summed E-state index contributed by atoms with van der Waals surface area (Å²) in [6, 6.07) is 0. The highest BCUT2D eigenvalue weighted by atomic mass is 16.3. The van der Waals surface area contributed by atoms with Gasteiger partial charge in [-0.25, -0.2) is 0 Å². The van der Waals surface area contributed by atoms with Crippen LogP contribution in [-0.2, 0) is 0 Å². The van der Waals surface area contributed by atoms with Gasteiger partial charge in [-0.1, -0.05) is 12.8 Å². The fourth-order valence-electron chi connectivity index (χ4n) is 1.95. The Morgan fingerprint density at radius 1 is 1.25 bits per heavy atom. The van der Waals surface area contributed by atoms with Crippen LogP contribution in [0.1, 0.15) is 32.1 Å². The molecule has 0 saturated heterocycles. The summed E-state index contributed by atoms with van der Waals surface area (Å²) in [4.78, 5) is 2.20. The van der Waals surface area contributed by atoms with Gasteiger partial charge in [0.05, 0.1) is 6.10 Å². The Hall–Kier alpha value is -0.0800. The van der Waals surface area contributed by atoms with E-state index in [-0.39, 0.29) is 6.10 Å². The summed E-state index contributed by atoms with van der Waals surface area (Å²) in [7, 11) is 4.18. The van der Waals surface area contributed by atoms with Crippen molar-refractivity contribution in [2.45, 2.75) is 38.2 Å². The van der Waals surface area contributed by atoms with Crippen LogP contribution < -0.4 is 0 Å². The van der Waals surface area contributed by atoms with Gasteiger partial charge in [0.2, 0.25) is 0 Å². The van der Waals surface area contributed by atoms with Crippen molar-refractivity contribution in [2.24, 2.45) is 5.92 Å². The van der Waals surface area contributed by atoms with Gasteiger partial charge < -0.3 is 10.0 Å². The molecule has 1 rings (SSSR count). The third-order valence-corrected chi connectivity index (χ3v) is 2.82. The van der Waals surface area contributed by atoms with Crippen molar-refractivity contribution in [1.29, 1.82) is 0 Å². The Bertz CT molecular complexity index is 125. The number of hydrogen-bond acceptors (Lipinski definition) is 2. The minimum Gasteiger partial charge on any atom is -0.393 e. The van der Waals surface area contributed by atoms with E-state index in [4.69, 9.17) is 0 Å².